The molecule has 0 radical (unpaired) electrons. The molecular formula is C14H17N3O3. The number of ether oxygens (including phenoxy) is 2. The van der Waals surface area contributed by atoms with Crippen LogP contribution in [0, 0.1) is 0 Å². The smallest absolute Gasteiger partial charge is 0.231 e. The third-order valence-electron chi connectivity index (χ3n) is 3.91. The average Bonchev–Trinajstić information content (AvgIpc) is 3.10. The molecule has 0 atom stereocenters. The Morgan fingerprint density at radius 3 is 2.80 bits per heavy atom. The van der Waals surface area contributed by atoms with Crippen LogP contribution in [0.2, 0.25) is 0 Å². The Kier molecular flexibility index (Phi) is 2.97. The molecule has 1 aromatic heterocycles. The van der Waals surface area contributed by atoms with Gasteiger partial charge >= 0.3 is 0 Å². The molecule has 0 saturated carbocycles. The van der Waals surface area contributed by atoms with E-state index >= 15 is 0 Å². The van der Waals surface area contributed by atoms with Crippen molar-refractivity contribution in [2.24, 2.45) is 0 Å². The molecule has 106 valence electrons. The van der Waals surface area contributed by atoms with Crippen LogP contribution in [0.25, 0.3) is 11.0 Å². The summed E-state index contributed by atoms with van der Waals surface area (Å²) in [5.74, 6) is 1.52. The molecule has 6 nitrogen and oxygen atoms in total. The fraction of sp³-hybridized carbons (Fsp3) is 0.500. The topological polar surface area (TPSA) is 59.8 Å². The highest BCUT2D eigenvalue weighted by Gasteiger charge is 2.19. The van der Waals surface area contributed by atoms with E-state index in [0.717, 1.165) is 67.3 Å². The molecule has 0 bridgehead atoms. The van der Waals surface area contributed by atoms with E-state index in [1.54, 1.807) is 0 Å². The number of nitrogens with one attached hydrogen (secondary N) is 1. The normalized spacial score (nSPS) is 18.8. The van der Waals surface area contributed by atoms with E-state index in [4.69, 9.17) is 14.0 Å². The van der Waals surface area contributed by atoms with Crippen molar-refractivity contribution in [2.45, 2.75) is 6.42 Å². The molecule has 1 N–H and O–H groups in total. The molecule has 4 rings (SSSR count). The van der Waals surface area contributed by atoms with Crippen LogP contribution >= 0.6 is 0 Å². The first-order chi connectivity index (χ1) is 9.90. The maximum atomic E-state index is 5.42. The molecule has 3 heterocycles. The number of hydrogen-bond donors (Lipinski definition) is 1. The van der Waals surface area contributed by atoms with Crippen LogP contribution in [0.4, 0.5) is 0 Å². The third kappa shape index (κ3) is 2.10. The second-order valence-electron chi connectivity index (χ2n) is 5.17. The number of hydrogen-bond acceptors (Lipinski definition) is 6. The summed E-state index contributed by atoms with van der Waals surface area (Å²) in [5.41, 5.74) is 1.77. The molecule has 0 unspecified atom stereocenters. The monoisotopic (exact) mass is 275 g/mol. The number of aromatic nitrogens is 1. The summed E-state index contributed by atoms with van der Waals surface area (Å²) < 4.78 is 16.2. The second kappa shape index (κ2) is 4.96. The molecule has 20 heavy (non-hydrogen) atoms. The van der Waals surface area contributed by atoms with Gasteiger partial charge in [0, 0.05) is 50.6 Å². The van der Waals surface area contributed by atoms with Crippen molar-refractivity contribution in [2.75, 3.05) is 39.5 Å². The number of rotatable bonds is 3. The van der Waals surface area contributed by atoms with Crippen LogP contribution in [0.1, 0.15) is 5.69 Å². The van der Waals surface area contributed by atoms with Gasteiger partial charge in [-0.3, -0.25) is 0 Å². The highest BCUT2D eigenvalue weighted by molar-refractivity contribution is 5.83. The van der Waals surface area contributed by atoms with E-state index in [2.05, 4.69) is 15.4 Å². The van der Waals surface area contributed by atoms with Gasteiger partial charge in [-0.05, 0) is 6.07 Å². The third-order valence-corrected chi connectivity index (χ3v) is 3.91. The molecule has 0 amide bonds. The SMILES string of the molecule is c1c2c(cc3c(CCN4CCNCC4)noc13)OCO2. The van der Waals surface area contributed by atoms with E-state index in [1.807, 2.05) is 12.1 Å². The summed E-state index contributed by atoms with van der Waals surface area (Å²) in [5, 5.41) is 8.58. The number of benzene rings is 1. The lowest BCUT2D eigenvalue weighted by molar-refractivity contribution is 0.174. The quantitative estimate of drug-likeness (QED) is 0.902. The molecule has 2 aliphatic heterocycles. The van der Waals surface area contributed by atoms with Crippen LogP contribution in [0.15, 0.2) is 16.7 Å². The molecule has 0 aliphatic carbocycles. The zero-order valence-electron chi connectivity index (χ0n) is 11.2. The number of nitrogens with zero attached hydrogens (tertiary/aromatic N) is 2. The van der Waals surface area contributed by atoms with Crippen LogP contribution in [0.3, 0.4) is 0 Å². The van der Waals surface area contributed by atoms with E-state index in [1.165, 1.54) is 0 Å². The van der Waals surface area contributed by atoms with Gasteiger partial charge in [0.15, 0.2) is 17.1 Å². The van der Waals surface area contributed by atoms with Crippen LogP contribution in [-0.4, -0.2) is 49.6 Å². The van der Waals surface area contributed by atoms with Gasteiger partial charge in [0.05, 0.1) is 5.69 Å². The van der Waals surface area contributed by atoms with Gasteiger partial charge < -0.3 is 24.2 Å². The van der Waals surface area contributed by atoms with Gasteiger partial charge in [0.2, 0.25) is 6.79 Å². The van der Waals surface area contributed by atoms with Crippen LogP contribution < -0.4 is 14.8 Å². The molecule has 2 aromatic rings. The van der Waals surface area contributed by atoms with Crippen LogP contribution in [-0.2, 0) is 6.42 Å². The zero-order valence-corrected chi connectivity index (χ0v) is 11.2. The van der Waals surface area contributed by atoms with Gasteiger partial charge in [-0.15, -0.1) is 0 Å². The standard InChI is InChI=1S/C14H17N3O3/c1(4-17-5-2-15-3-6-17)11-10-7-13-14(19-9-18-13)8-12(10)20-16-11/h7-8,15H,1-6,9H2. The fourth-order valence-electron chi connectivity index (χ4n) is 2.76. The minimum atomic E-state index is 0.283. The van der Waals surface area contributed by atoms with Crippen molar-refractivity contribution in [3.8, 4) is 11.5 Å². The summed E-state index contributed by atoms with van der Waals surface area (Å²) in [7, 11) is 0. The lowest BCUT2D eigenvalue weighted by Crippen LogP contribution is -2.44. The van der Waals surface area contributed by atoms with Gasteiger partial charge in [-0.2, -0.15) is 0 Å². The predicted octanol–water partition coefficient (Wildman–Crippen LogP) is 1.00. The van der Waals surface area contributed by atoms with Gasteiger partial charge in [-0.25, -0.2) is 0 Å². The van der Waals surface area contributed by atoms with E-state index in [9.17, 15) is 0 Å². The Bertz CT molecular complexity index is 619. The predicted molar refractivity (Wildman–Crippen MR) is 73.1 cm³/mol. The summed E-state index contributed by atoms with van der Waals surface area (Å²) >= 11 is 0. The van der Waals surface area contributed by atoms with Crippen LogP contribution in [0.5, 0.6) is 11.5 Å². The van der Waals surface area contributed by atoms with Crippen molar-refractivity contribution < 1.29 is 14.0 Å². The molecule has 6 heteroatoms. The van der Waals surface area contributed by atoms with Crippen molar-refractivity contribution >= 4 is 11.0 Å². The maximum Gasteiger partial charge on any atom is 0.231 e. The summed E-state index contributed by atoms with van der Waals surface area (Å²) in [6, 6.07) is 3.83. The average molecular weight is 275 g/mol. The lowest BCUT2D eigenvalue weighted by atomic mass is 10.1. The van der Waals surface area contributed by atoms with Crippen molar-refractivity contribution in [1.82, 2.24) is 15.4 Å². The van der Waals surface area contributed by atoms with Crippen molar-refractivity contribution in [3.05, 3.63) is 17.8 Å². The van der Waals surface area contributed by atoms with E-state index in [0.29, 0.717) is 0 Å². The first-order valence-electron chi connectivity index (χ1n) is 7.01. The maximum absolute atomic E-state index is 5.42. The van der Waals surface area contributed by atoms with Gasteiger partial charge in [-0.1, -0.05) is 5.16 Å². The molecule has 0 spiro atoms. The fourth-order valence-corrected chi connectivity index (χ4v) is 2.76. The first kappa shape index (κ1) is 12.0. The molecule has 1 saturated heterocycles. The minimum absolute atomic E-state index is 0.283. The molecule has 1 fully saturated rings. The minimum Gasteiger partial charge on any atom is -0.454 e. The zero-order chi connectivity index (χ0) is 13.4. The van der Waals surface area contributed by atoms with Gasteiger partial charge in [0.25, 0.3) is 0 Å². The Balaban J connectivity index is 1.54. The highest BCUT2D eigenvalue weighted by Crippen LogP contribution is 2.37. The number of piperazine rings is 1. The lowest BCUT2D eigenvalue weighted by Gasteiger charge is -2.26. The van der Waals surface area contributed by atoms with E-state index in [-0.39, 0.29) is 6.79 Å². The second-order valence-corrected chi connectivity index (χ2v) is 5.17. The molecule has 1 aromatic carbocycles. The summed E-state index contributed by atoms with van der Waals surface area (Å²) in [6.45, 7) is 5.63. The largest absolute Gasteiger partial charge is 0.454 e. The Labute approximate surface area is 116 Å². The van der Waals surface area contributed by atoms with E-state index < -0.39 is 0 Å². The molecule has 2 aliphatic rings. The number of fused-ring (bicyclic) bond motifs is 2. The first-order valence-corrected chi connectivity index (χ1v) is 7.01. The van der Waals surface area contributed by atoms with Crippen molar-refractivity contribution in [3.63, 3.8) is 0 Å². The Hall–Kier alpha value is -1.79. The summed E-state index contributed by atoms with van der Waals surface area (Å²) in [4.78, 5) is 2.45. The Morgan fingerprint density at radius 2 is 1.95 bits per heavy atom. The molecular weight excluding hydrogens is 258 g/mol. The highest BCUT2D eigenvalue weighted by atomic mass is 16.7. The Morgan fingerprint density at radius 1 is 1.15 bits per heavy atom. The summed E-state index contributed by atoms with van der Waals surface area (Å²) in [6.07, 6.45) is 0.895. The van der Waals surface area contributed by atoms with Gasteiger partial charge in [0.1, 0.15) is 0 Å². The van der Waals surface area contributed by atoms with Crippen molar-refractivity contribution in [1.29, 1.82) is 0 Å².